The summed E-state index contributed by atoms with van der Waals surface area (Å²) in [6, 6.07) is 6.30. The van der Waals surface area contributed by atoms with E-state index < -0.39 is 0 Å². The molecule has 0 heterocycles. The summed E-state index contributed by atoms with van der Waals surface area (Å²) in [4.78, 5) is 0. The van der Waals surface area contributed by atoms with Gasteiger partial charge in [0.05, 0.1) is 7.11 Å². The van der Waals surface area contributed by atoms with Crippen LogP contribution in [0.4, 0.5) is 0 Å². The average Bonchev–Trinajstić information content (AvgIpc) is 2.16. The zero-order valence-electron chi connectivity index (χ0n) is 10.1. The highest BCUT2D eigenvalue weighted by Crippen LogP contribution is 2.24. The second kappa shape index (κ2) is 5.17. The van der Waals surface area contributed by atoms with E-state index in [1.807, 2.05) is 13.0 Å². The minimum atomic E-state index is 0.134. The summed E-state index contributed by atoms with van der Waals surface area (Å²) in [6.07, 6.45) is 1.02. The van der Waals surface area contributed by atoms with Crippen molar-refractivity contribution in [1.29, 1.82) is 0 Å². The summed E-state index contributed by atoms with van der Waals surface area (Å²) in [6.45, 7) is 6.43. The molecule has 1 aromatic carbocycles. The predicted molar refractivity (Wildman–Crippen MR) is 64.1 cm³/mol. The lowest BCUT2D eigenvalue weighted by Crippen LogP contribution is -2.13. The van der Waals surface area contributed by atoms with Crippen molar-refractivity contribution in [1.82, 2.24) is 0 Å². The Bertz CT molecular complexity index is 320. The standard InChI is InChI=1S/C13H21NO/c1-9(2)7-12(14)11-5-6-13(15-4)10(3)8-11/h5-6,8-9,12H,7,14H2,1-4H3. The molecule has 1 aromatic rings. The fraction of sp³-hybridized carbons (Fsp3) is 0.538. The molecule has 2 N–H and O–H groups in total. The quantitative estimate of drug-likeness (QED) is 0.823. The van der Waals surface area contributed by atoms with E-state index in [0.29, 0.717) is 5.92 Å². The van der Waals surface area contributed by atoms with E-state index in [1.54, 1.807) is 7.11 Å². The first-order valence-corrected chi connectivity index (χ1v) is 5.44. The van der Waals surface area contributed by atoms with E-state index in [0.717, 1.165) is 17.7 Å². The number of aryl methyl sites for hydroxylation is 1. The van der Waals surface area contributed by atoms with Crippen LogP contribution in [0.1, 0.15) is 37.4 Å². The van der Waals surface area contributed by atoms with Gasteiger partial charge in [-0.3, -0.25) is 0 Å². The van der Waals surface area contributed by atoms with Crippen molar-refractivity contribution >= 4 is 0 Å². The second-order valence-electron chi connectivity index (χ2n) is 4.47. The zero-order valence-corrected chi connectivity index (χ0v) is 10.1. The molecule has 1 rings (SSSR count). The van der Waals surface area contributed by atoms with E-state index in [-0.39, 0.29) is 6.04 Å². The SMILES string of the molecule is COc1ccc(C(N)CC(C)C)cc1C. The van der Waals surface area contributed by atoms with Crippen LogP contribution in [0.3, 0.4) is 0 Å². The summed E-state index contributed by atoms with van der Waals surface area (Å²) in [5.74, 6) is 1.55. The Kier molecular flexibility index (Phi) is 4.15. The molecule has 0 saturated carbocycles. The van der Waals surface area contributed by atoms with Crippen molar-refractivity contribution < 1.29 is 4.74 Å². The van der Waals surface area contributed by atoms with E-state index in [9.17, 15) is 0 Å². The van der Waals surface area contributed by atoms with Crippen LogP contribution in [0.2, 0.25) is 0 Å². The fourth-order valence-corrected chi connectivity index (χ4v) is 1.78. The smallest absolute Gasteiger partial charge is 0.121 e. The molecule has 15 heavy (non-hydrogen) atoms. The molecule has 0 aromatic heterocycles. The highest BCUT2D eigenvalue weighted by Gasteiger charge is 2.09. The Hall–Kier alpha value is -1.02. The third-order valence-electron chi connectivity index (χ3n) is 2.57. The third kappa shape index (κ3) is 3.24. The molecule has 0 aliphatic heterocycles. The van der Waals surface area contributed by atoms with Crippen molar-refractivity contribution in [2.24, 2.45) is 11.7 Å². The first-order chi connectivity index (χ1) is 7.04. The van der Waals surface area contributed by atoms with Crippen LogP contribution in [0.5, 0.6) is 5.75 Å². The normalized spacial score (nSPS) is 12.9. The maximum atomic E-state index is 6.12. The molecule has 0 radical (unpaired) electrons. The average molecular weight is 207 g/mol. The molecular weight excluding hydrogens is 186 g/mol. The number of benzene rings is 1. The zero-order chi connectivity index (χ0) is 11.4. The lowest BCUT2D eigenvalue weighted by Gasteiger charge is -2.16. The van der Waals surface area contributed by atoms with Gasteiger partial charge in [-0.1, -0.05) is 26.0 Å². The number of hydrogen-bond acceptors (Lipinski definition) is 2. The number of hydrogen-bond donors (Lipinski definition) is 1. The van der Waals surface area contributed by atoms with E-state index in [2.05, 4.69) is 26.0 Å². The van der Waals surface area contributed by atoms with Crippen LogP contribution in [-0.4, -0.2) is 7.11 Å². The summed E-state index contributed by atoms with van der Waals surface area (Å²) >= 11 is 0. The summed E-state index contributed by atoms with van der Waals surface area (Å²) in [5, 5.41) is 0. The highest BCUT2D eigenvalue weighted by molar-refractivity contribution is 5.37. The second-order valence-corrected chi connectivity index (χ2v) is 4.47. The Labute approximate surface area is 92.4 Å². The van der Waals surface area contributed by atoms with Crippen molar-refractivity contribution in [2.45, 2.75) is 33.2 Å². The molecule has 84 valence electrons. The number of methoxy groups -OCH3 is 1. The molecule has 2 nitrogen and oxygen atoms in total. The number of ether oxygens (including phenoxy) is 1. The van der Waals surface area contributed by atoms with Gasteiger partial charge in [-0.05, 0) is 36.5 Å². The van der Waals surface area contributed by atoms with Crippen LogP contribution in [0.25, 0.3) is 0 Å². The van der Waals surface area contributed by atoms with Gasteiger partial charge in [0.1, 0.15) is 5.75 Å². The van der Waals surface area contributed by atoms with Gasteiger partial charge in [-0.25, -0.2) is 0 Å². The number of rotatable bonds is 4. The maximum absolute atomic E-state index is 6.12. The van der Waals surface area contributed by atoms with Gasteiger partial charge < -0.3 is 10.5 Å². The van der Waals surface area contributed by atoms with E-state index >= 15 is 0 Å². The molecule has 1 unspecified atom stereocenters. The molecule has 0 aliphatic rings. The van der Waals surface area contributed by atoms with Gasteiger partial charge in [0, 0.05) is 6.04 Å². The Morgan fingerprint density at radius 1 is 1.33 bits per heavy atom. The van der Waals surface area contributed by atoms with E-state index in [4.69, 9.17) is 10.5 Å². The van der Waals surface area contributed by atoms with Crippen molar-refractivity contribution in [3.05, 3.63) is 29.3 Å². The molecule has 0 fully saturated rings. The van der Waals surface area contributed by atoms with Gasteiger partial charge in [0.25, 0.3) is 0 Å². The van der Waals surface area contributed by atoms with E-state index in [1.165, 1.54) is 5.56 Å². The van der Waals surface area contributed by atoms with Crippen molar-refractivity contribution in [2.75, 3.05) is 7.11 Å². The molecule has 2 heteroatoms. The Morgan fingerprint density at radius 2 is 2.00 bits per heavy atom. The van der Waals surface area contributed by atoms with Gasteiger partial charge in [0.2, 0.25) is 0 Å². The topological polar surface area (TPSA) is 35.2 Å². The first-order valence-electron chi connectivity index (χ1n) is 5.44. The Balaban J connectivity index is 2.82. The maximum Gasteiger partial charge on any atom is 0.121 e. The Morgan fingerprint density at radius 3 is 2.47 bits per heavy atom. The van der Waals surface area contributed by atoms with Crippen LogP contribution < -0.4 is 10.5 Å². The van der Waals surface area contributed by atoms with Gasteiger partial charge >= 0.3 is 0 Å². The molecule has 1 atom stereocenters. The molecular formula is C13H21NO. The van der Waals surface area contributed by atoms with Crippen LogP contribution >= 0.6 is 0 Å². The molecule has 0 amide bonds. The molecule has 0 saturated heterocycles. The predicted octanol–water partition coefficient (Wildman–Crippen LogP) is 3.05. The number of nitrogens with two attached hydrogens (primary N) is 1. The first kappa shape index (κ1) is 12.1. The minimum Gasteiger partial charge on any atom is -0.496 e. The van der Waals surface area contributed by atoms with Gasteiger partial charge in [0.15, 0.2) is 0 Å². The van der Waals surface area contributed by atoms with Crippen LogP contribution in [-0.2, 0) is 0 Å². The molecule has 0 aliphatic carbocycles. The summed E-state index contributed by atoms with van der Waals surface area (Å²) < 4.78 is 5.22. The molecule has 0 spiro atoms. The largest absolute Gasteiger partial charge is 0.496 e. The summed E-state index contributed by atoms with van der Waals surface area (Å²) in [5.41, 5.74) is 8.46. The van der Waals surface area contributed by atoms with Gasteiger partial charge in [-0.2, -0.15) is 0 Å². The third-order valence-corrected chi connectivity index (χ3v) is 2.57. The van der Waals surface area contributed by atoms with Crippen molar-refractivity contribution in [3.63, 3.8) is 0 Å². The lowest BCUT2D eigenvalue weighted by atomic mass is 9.96. The van der Waals surface area contributed by atoms with Crippen LogP contribution in [0, 0.1) is 12.8 Å². The minimum absolute atomic E-state index is 0.134. The monoisotopic (exact) mass is 207 g/mol. The highest BCUT2D eigenvalue weighted by atomic mass is 16.5. The van der Waals surface area contributed by atoms with Gasteiger partial charge in [-0.15, -0.1) is 0 Å². The van der Waals surface area contributed by atoms with Crippen molar-refractivity contribution in [3.8, 4) is 5.75 Å². The fourth-order valence-electron chi connectivity index (χ4n) is 1.78. The lowest BCUT2D eigenvalue weighted by molar-refractivity contribution is 0.411. The molecule has 0 bridgehead atoms. The summed E-state index contributed by atoms with van der Waals surface area (Å²) in [7, 11) is 1.69. The van der Waals surface area contributed by atoms with Crippen LogP contribution in [0.15, 0.2) is 18.2 Å².